The van der Waals surface area contributed by atoms with E-state index in [1.165, 1.54) is 7.11 Å². The molecule has 0 aliphatic heterocycles. The van der Waals surface area contributed by atoms with Gasteiger partial charge in [-0.2, -0.15) is 0 Å². The number of hydrogen-bond donors (Lipinski definition) is 0. The summed E-state index contributed by atoms with van der Waals surface area (Å²) in [6.07, 6.45) is 0. The zero-order valence-electron chi connectivity index (χ0n) is 15.1. The van der Waals surface area contributed by atoms with E-state index in [-0.39, 0.29) is 5.97 Å². The van der Waals surface area contributed by atoms with Crippen molar-refractivity contribution in [1.82, 2.24) is 0 Å². The number of methoxy groups -OCH3 is 1. The molecule has 27 heavy (non-hydrogen) atoms. The van der Waals surface area contributed by atoms with E-state index in [9.17, 15) is 4.79 Å². The Bertz CT molecular complexity index is 931. The van der Waals surface area contributed by atoms with Crippen LogP contribution in [0.2, 0.25) is 0 Å². The van der Waals surface area contributed by atoms with Crippen molar-refractivity contribution in [2.75, 3.05) is 7.11 Å². The van der Waals surface area contributed by atoms with Gasteiger partial charge in [-0.15, -0.1) is 0 Å². The molecule has 0 fully saturated rings. The molecule has 0 saturated carbocycles. The molecule has 3 nitrogen and oxygen atoms in total. The van der Waals surface area contributed by atoms with Crippen LogP contribution >= 0.6 is 0 Å². The highest BCUT2D eigenvalue weighted by atomic mass is 16.5. The monoisotopic (exact) mass is 356 g/mol. The number of carbonyl (C=O) groups is 1. The SMILES string of the molecule is COC(=O)c1ccc(COCc2ccc(C#Cc3ccccc3)cc2)cc1. The Morgan fingerprint density at radius 3 is 1.81 bits per heavy atom. The molecular weight excluding hydrogens is 336 g/mol. The third-order valence-electron chi connectivity index (χ3n) is 3.99. The van der Waals surface area contributed by atoms with Gasteiger partial charge in [0.1, 0.15) is 0 Å². The summed E-state index contributed by atoms with van der Waals surface area (Å²) < 4.78 is 10.4. The van der Waals surface area contributed by atoms with Crippen molar-refractivity contribution < 1.29 is 14.3 Å². The fourth-order valence-corrected chi connectivity index (χ4v) is 2.49. The Hall–Kier alpha value is -3.35. The lowest BCUT2D eigenvalue weighted by Crippen LogP contribution is -2.01. The molecule has 0 aliphatic rings. The molecule has 134 valence electrons. The number of benzene rings is 3. The minimum Gasteiger partial charge on any atom is -0.465 e. The van der Waals surface area contributed by atoms with Gasteiger partial charge < -0.3 is 9.47 Å². The highest BCUT2D eigenvalue weighted by Gasteiger charge is 2.04. The lowest BCUT2D eigenvalue weighted by molar-refractivity contribution is 0.0600. The van der Waals surface area contributed by atoms with E-state index < -0.39 is 0 Å². The summed E-state index contributed by atoms with van der Waals surface area (Å²) in [6, 6.07) is 25.2. The minimum absolute atomic E-state index is 0.335. The number of hydrogen-bond acceptors (Lipinski definition) is 3. The lowest BCUT2D eigenvalue weighted by Gasteiger charge is -2.06. The highest BCUT2D eigenvalue weighted by molar-refractivity contribution is 5.89. The summed E-state index contributed by atoms with van der Waals surface area (Å²) in [5.74, 6) is 5.97. The molecule has 0 N–H and O–H groups in total. The van der Waals surface area contributed by atoms with E-state index in [4.69, 9.17) is 4.74 Å². The van der Waals surface area contributed by atoms with Crippen LogP contribution in [-0.4, -0.2) is 13.1 Å². The van der Waals surface area contributed by atoms with Crippen LogP contribution in [-0.2, 0) is 22.7 Å². The first-order valence-corrected chi connectivity index (χ1v) is 8.65. The van der Waals surface area contributed by atoms with Crippen LogP contribution in [0.15, 0.2) is 78.9 Å². The van der Waals surface area contributed by atoms with E-state index in [2.05, 4.69) is 16.6 Å². The quantitative estimate of drug-likeness (QED) is 0.495. The van der Waals surface area contributed by atoms with E-state index >= 15 is 0 Å². The largest absolute Gasteiger partial charge is 0.465 e. The van der Waals surface area contributed by atoms with Crippen LogP contribution in [0.25, 0.3) is 0 Å². The predicted octanol–water partition coefficient (Wildman–Crippen LogP) is 4.59. The van der Waals surface area contributed by atoms with Gasteiger partial charge in [-0.05, 0) is 47.5 Å². The Labute approximate surface area is 159 Å². The Morgan fingerprint density at radius 2 is 1.26 bits per heavy atom. The van der Waals surface area contributed by atoms with Crippen LogP contribution in [0.1, 0.15) is 32.6 Å². The second kappa shape index (κ2) is 9.38. The van der Waals surface area contributed by atoms with E-state index in [0.717, 1.165) is 22.3 Å². The van der Waals surface area contributed by atoms with Crippen LogP contribution in [0.3, 0.4) is 0 Å². The maximum absolute atomic E-state index is 11.4. The second-order valence-electron chi connectivity index (χ2n) is 5.99. The first kappa shape index (κ1) is 18.4. The number of rotatable bonds is 5. The van der Waals surface area contributed by atoms with Gasteiger partial charge in [-0.25, -0.2) is 4.79 Å². The Morgan fingerprint density at radius 1 is 0.741 bits per heavy atom. The summed E-state index contributed by atoms with van der Waals surface area (Å²) in [5.41, 5.74) is 4.61. The smallest absolute Gasteiger partial charge is 0.337 e. The van der Waals surface area contributed by atoms with Crippen molar-refractivity contribution in [3.63, 3.8) is 0 Å². The normalized spacial score (nSPS) is 9.96. The topological polar surface area (TPSA) is 35.5 Å². The van der Waals surface area contributed by atoms with Crippen molar-refractivity contribution in [3.8, 4) is 11.8 Å². The third kappa shape index (κ3) is 5.57. The van der Waals surface area contributed by atoms with Crippen molar-refractivity contribution in [3.05, 3.63) is 107 Å². The maximum Gasteiger partial charge on any atom is 0.337 e. The summed E-state index contributed by atoms with van der Waals surface area (Å²) in [5, 5.41) is 0. The zero-order chi connectivity index (χ0) is 18.9. The van der Waals surface area contributed by atoms with Gasteiger partial charge in [0.05, 0.1) is 25.9 Å². The lowest BCUT2D eigenvalue weighted by atomic mass is 10.1. The first-order chi connectivity index (χ1) is 13.2. The summed E-state index contributed by atoms with van der Waals surface area (Å²) in [4.78, 5) is 11.4. The maximum atomic E-state index is 11.4. The fraction of sp³-hybridized carbons (Fsp3) is 0.125. The molecule has 3 rings (SSSR count). The Kier molecular flexibility index (Phi) is 6.40. The molecule has 0 bridgehead atoms. The summed E-state index contributed by atoms with van der Waals surface area (Å²) >= 11 is 0. The average Bonchev–Trinajstić information content (AvgIpc) is 2.74. The summed E-state index contributed by atoms with van der Waals surface area (Å²) in [6.45, 7) is 1.00. The zero-order valence-corrected chi connectivity index (χ0v) is 15.1. The molecule has 0 atom stereocenters. The molecule has 0 aromatic heterocycles. The summed E-state index contributed by atoms with van der Waals surface area (Å²) in [7, 11) is 1.37. The van der Waals surface area contributed by atoms with Crippen molar-refractivity contribution in [2.24, 2.45) is 0 Å². The van der Waals surface area contributed by atoms with Crippen LogP contribution in [0.4, 0.5) is 0 Å². The fourth-order valence-electron chi connectivity index (χ4n) is 2.49. The van der Waals surface area contributed by atoms with Crippen LogP contribution in [0, 0.1) is 11.8 Å². The molecule has 3 heteroatoms. The van der Waals surface area contributed by atoms with E-state index in [0.29, 0.717) is 18.8 Å². The number of carbonyl (C=O) groups excluding carboxylic acids is 1. The van der Waals surface area contributed by atoms with Gasteiger partial charge in [-0.3, -0.25) is 0 Å². The molecule has 0 saturated heterocycles. The van der Waals surface area contributed by atoms with Crippen LogP contribution in [0.5, 0.6) is 0 Å². The van der Waals surface area contributed by atoms with E-state index in [1.807, 2.05) is 66.7 Å². The first-order valence-electron chi connectivity index (χ1n) is 8.65. The molecule has 0 aliphatic carbocycles. The molecule has 3 aromatic rings. The van der Waals surface area contributed by atoms with Gasteiger partial charge in [-0.1, -0.05) is 54.3 Å². The van der Waals surface area contributed by atoms with Gasteiger partial charge >= 0.3 is 5.97 Å². The number of esters is 1. The Balaban J connectivity index is 1.50. The predicted molar refractivity (Wildman–Crippen MR) is 105 cm³/mol. The molecule has 0 unspecified atom stereocenters. The minimum atomic E-state index is -0.335. The highest BCUT2D eigenvalue weighted by Crippen LogP contribution is 2.10. The average molecular weight is 356 g/mol. The molecule has 3 aromatic carbocycles. The van der Waals surface area contributed by atoms with E-state index in [1.54, 1.807) is 12.1 Å². The molecule has 0 radical (unpaired) electrons. The van der Waals surface area contributed by atoms with Gasteiger partial charge in [0.2, 0.25) is 0 Å². The number of ether oxygens (including phenoxy) is 2. The van der Waals surface area contributed by atoms with Gasteiger partial charge in [0, 0.05) is 11.1 Å². The molecule has 0 spiro atoms. The third-order valence-corrected chi connectivity index (χ3v) is 3.99. The molecule has 0 heterocycles. The van der Waals surface area contributed by atoms with Crippen molar-refractivity contribution in [1.29, 1.82) is 0 Å². The molecular formula is C24H20O3. The second-order valence-corrected chi connectivity index (χ2v) is 5.99. The van der Waals surface area contributed by atoms with Crippen LogP contribution < -0.4 is 0 Å². The van der Waals surface area contributed by atoms with Crippen molar-refractivity contribution >= 4 is 5.97 Å². The standard InChI is InChI=1S/C24H20O3/c1-26-24(25)23-15-13-22(14-16-23)18-27-17-21-11-9-20(10-12-21)8-7-19-5-3-2-4-6-19/h2-6,9-16H,17-18H2,1H3. The van der Waals surface area contributed by atoms with Gasteiger partial charge in [0.15, 0.2) is 0 Å². The van der Waals surface area contributed by atoms with Gasteiger partial charge in [0.25, 0.3) is 0 Å². The molecule has 0 amide bonds. The van der Waals surface area contributed by atoms with Crippen molar-refractivity contribution in [2.45, 2.75) is 13.2 Å².